The number of aromatic amines is 2. The zero-order valence-corrected chi connectivity index (χ0v) is 17.8. The Hall–Kier alpha value is -2.37. The molecule has 0 saturated carbocycles. The number of hydrogen-bond acceptors (Lipinski definition) is 6. The van der Waals surface area contributed by atoms with Crippen LogP contribution < -0.4 is 0 Å². The normalized spacial score (nSPS) is 20.5. The minimum absolute atomic E-state index is 0.0118. The quantitative estimate of drug-likeness (QED) is 0.591. The van der Waals surface area contributed by atoms with Crippen molar-refractivity contribution in [2.75, 3.05) is 18.8 Å². The van der Waals surface area contributed by atoms with E-state index in [1.54, 1.807) is 6.20 Å². The highest BCUT2D eigenvalue weighted by atomic mass is 35.5. The molecule has 4 heterocycles. The second-order valence-corrected chi connectivity index (χ2v) is 9.86. The van der Waals surface area contributed by atoms with E-state index in [4.69, 9.17) is 11.6 Å². The number of H-pyrrole nitrogens is 2. The first kappa shape index (κ1) is 20.9. The maximum atomic E-state index is 13.1. The van der Waals surface area contributed by atoms with Gasteiger partial charge in [0.2, 0.25) is 10.0 Å². The van der Waals surface area contributed by atoms with Crippen molar-refractivity contribution in [2.45, 2.75) is 25.7 Å². The number of aryl methyl sites for hydroxylation is 1. The summed E-state index contributed by atoms with van der Waals surface area (Å²) in [5.41, 5.74) is 1.86. The van der Waals surface area contributed by atoms with Gasteiger partial charge < -0.3 is 4.98 Å². The van der Waals surface area contributed by atoms with Crippen LogP contribution in [0.25, 0.3) is 11.5 Å². The predicted octanol–water partition coefficient (Wildman–Crippen LogP) is 2.38. The molecular formula is C18H21ClFN7O2S. The summed E-state index contributed by atoms with van der Waals surface area (Å²) in [5, 5.41) is 10.3. The molecule has 160 valence electrons. The molecule has 12 heteroatoms. The van der Waals surface area contributed by atoms with Crippen molar-refractivity contribution in [3.05, 3.63) is 46.9 Å². The summed E-state index contributed by atoms with van der Waals surface area (Å²) in [6.07, 6.45) is 3.64. The van der Waals surface area contributed by atoms with Gasteiger partial charge in [-0.15, -0.1) is 5.10 Å². The number of rotatable bonds is 6. The summed E-state index contributed by atoms with van der Waals surface area (Å²) in [4.78, 5) is 11.5. The maximum Gasteiger partial charge on any atom is 0.214 e. The van der Waals surface area contributed by atoms with E-state index < -0.39 is 15.8 Å². The number of nitrogens with zero attached hydrogens (tertiary/aromatic N) is 5. The van der Waals surface area contributed by atoms with Gasteiger partial charge in [0.1, 0.15) is 11.5 Å². The first-order valence-corrected chi connectivity index (χ1v) is 11.5. The zero-order chi connectivity index (χ0) is 21.3. The Morgan fingerprint density at radius 1 is 1.37 bits per heavy atom. The number of pyridine rings is 1. The zero-order valence-electron chi connectivity index (χ0n) is 16.2. The summed E-state index contributed by atoms with van der Waals surface area (Å²) in [5.74, 6) is 0.0863. The minimum atomic E-state index is -3.40. The van der Waals surface area contributed by atoms with Crippen LogP contribution in [0.4, 0.5) is 4.39 Å². The van der Waals surface area contributed by atoms with Crippen LogP contribution in [0, 0.1) is 11.7 Å². The van der Waals surface area contributed by atoms with Crippen LogP contribution in [-0.2, 0) is 16.4 Å². The molecule has 2 atom stereocenters. The van der Waals surface area contributed by atoms with E-state index in [2.05, 4.69) is 30.4 Å². The van der Waals surface area contributed by atoms with Crippen molar-refractivity contribution in [2.24, 2.45) is 5.92 Å². The number of sulfonamides is 1. The molecule has 0 aliphatic carbocycles. The first-order valence-electron chi connectivity index (χ1n) is 9.54. The van der Waals surface area contributed by atoms with Crippen molar-refractivity contribution in [3.63, 3.8) is 0 Å². The summed E-state index contributed by atoms with van der Waals surface area (Å²) in [6, 6.07) is 2.84. The Bertz CT molecular complexity index is 1100. The molecule has 0 unspecified atom stereocenters. The maximum absolute atomic E-state index is 13.1. The van der Waals surface area contributed by atoms with Crippen LogP contribution in [0.3, 0.4) is 0 Å². The van der Waals surface area contributed by atoms with Crippen LogP contribution in [-0.4, -0.2) is 61.9 Å². The van der Waals surface area contributed by atoms with E-state index in [1.807, 2.05) is 6.92 Å². The van der Waals surface area contributed by atoms with Gasteiger partial charge >= 0.3 is 0 Å². The van der Waals surface area contributed by atoms with Gasteiger partial charge in [0.15, 0.2) is 11.0 Å². The van der Waals surface area contributed by atoms with Crippen molar-refractivity contribution >= 4 is 21.6 Å². The molecule has 4 rings (SSSR count). The molecule has 3 aromatic heterocycles. The lowest BCUT2D eigenvalue weighted by Gasteiger charge is -2.35. The molecule has 1 fully saturated rings. The molecule has 0 amide bonds. The number of halogens is 2. The van der Waals surface area contributed by atoms with Gasteiger partial charge in [-0.05, 0) is 24.5 Å². The fourth-order valence-corrected chi connectivity index (χ4v) is 5.59. The van der Waals surface area contributed by atoms with E-state index in [9.17, 15) is 12.8 Å². The lowest BCUT2D eigenvalue weighted by Crippen LogP contribution is -2.43. The monoisotopic (exact) mass is 453 g/mol. The Labute approximate surface area is 178 Å². The molecule has 3 aromatic rings. The Kier molecular flexibility index (Phi) is 5.85. The molecule has 0 bridgehead atoms. The summed E-state index contributed by atoms with van der Waals surface area (Å²) < 4.78 is 40.1. The second kappa shape index (κ2) is 8.40. The molecule has 30 heavy (non-hydrogen) atoms. The van der Waals surface area contributed by atoms with Gasteiger partial charge in [-0.3, -0.25) is 5.10 Å². The molecule has 2 N–H and O–H groups in total. The summed E-state index contributed by atoms with van der Waals surface area (Å²) >= 11 is 6.37. The standard InChI is InChI=1S/C18H21ClFN7O2S/c1-11-10-27(30(28,29)7-5-13-9-22-26-25-13)6-4-14(11)16-17(19)24-18(23-16)15-3-2-12(20)8-21-15/h2-3,8-9,11,14H,4-7,10H2,1H3,(H,23,24)(H,22,25,26)/t11-,14+/m0/s1. The van der Waals surface area contributed by atoms with Gasteiger partial charge in [-0.25, -0.2) is 27.1 Å². The fraction of sp³-hybridized carbons (Fsp3) is 0.444. The van der Waals surface area contributed by atoms with Crippen molar-refractivity contribution in [1.82, 2.24) is 34.7 Å². The average Bonchev–Trinajstić information content (AvgIpc) is 3.37. The predicted molar refractivity (Wildman–Crippen MR) is 109 cm³/mol. The Morgan fingerprint density at radius 2 is 2.20 bits per heavy atom. The van der Waals surface area contributed by atoms with Crippen LogP contribution in [0.5, 0.6) is 0 Å². The van der Waals surface area contributed by atoms with E-state index in [1.165, 1.54) is 16.4 Å². The van der Waals surface area contributed by atoms with E-state index >= 15 is 0 Å². The van der Waals surface area contributed by atoms with Crippen molar-refractivity contribution in [1.29, 1.82) is 0 Å². The highest BCUT2D eigenvalue weighted by molar-refractivity contribution is 7.89. The van der Waals surface area contributed by atoms with Crippen LogP contribution >= 0.6 is 11.6 Å². The van der Waals surface area contributed by atoms with Crippen molar-refractivity contribution < 1.29 is 12.8 Å². The Morgan fingerprint density at radius 3 is 2.87 bits per heavy atom. The first-order chi connectivity index (χ1) is 14.3. The lowest BCUT2D eigenvalue weighted by molar-refractivity contribution is 0.246. The number of piperidine rings is 1. The molecule has 0 radical (unpaired) electrons. The minimum Gasteiger partial charge on any atom is -0.339 e. The van der Waals surface area contributed by atoms with Crippen LogP contribution in [0.1, 0.15) is 30.7 Å². The van der Waals surface area contributed by atoms with Gasteiger partial charge in [0.05, 0.1) is 23.3 Å². The Balaban J connectivity index is 1.45. The smallest absolute Gasteiger partial charge is 0.214 e. The van der Waals surface area contributed by atoms with E-state index in [-0.39, 0.29) is 17.6 Å². The number of aromatic nitrogens is 6. The number of hydrogen-bond donors (Lipinski definition) is 2. The second-order valence-electron chi connectivity index (χ2n) is 7.41. The SMILES string of the molecule is C[C@H]1CN(S(=O)(=O)CCc2c[nH]nn2)CC[C@H]1c1[nH]c(-c2ccc(F)cn2)nc1Cl. The van der Waals surface area contributed by atoms with E-state index in [0.29, 0.717) is 48.3 Å². The summed E-state index contributed by atoms with van der Waals surface area (Å²) in [7, 11) is -3.40. The number of nitrogens with one attached hydrogen (secondary N) is 2. The van der Waals surface area contributed by atoms with Gasteiger partial charge in [-0.1, -0.05) is 23.7 Å². The molecule has 1 aliphatic heterocycles. The summed E-state index contributed by atoms with van der Waals surface area (Å²) in [6.45, 7) is 2.79. The number of imidazole rings is 1. The molecular weight excluding hydrogens is 433 g/mol. The third-order valence-electron chi connectivity index (χ3n) is 5.37. The third-order valence-corrected chi connectivity index (χ3v) is 7.50. The fourth-order valence-electron chi connectivity index (χ4n) is 3.75. The highest BCUT2D eigenvalue weighted by Crippen LogP contribution is 2.37. The molecule has 0 spiro atoms. The average molecular weight is 454 g/mol. The van der Waals surface area contributed by atoms with Gasteiger partial charge in [0, 0.05) is 31.6 Å². The highest BCUT2D eigenvalue weighted by Gasteiger charge is 2.35. The molecule has 1 aliphatic rings. The lowest BCUT2D eigenvalue weighted by atomic mass is 9.86. The largest absolute Gasteiger partial charge is 0.339 e. The molecule has 0 aromatic carbocycles. The molecule has 9 nitrogen and oxygen atoms in total. The molecule has 1 saturated heterocycles. The van der Waals surface area contributed by atoms with Crippen molar-refractivity contribution in [3.8, 4) is 11.5 Å². The van der Waals surface area contributed by atoms with Gasteiger partial charge in [0.25, 0.3) is 0 Å². The topological polar surface area (TPSA) is 121 Å². The van der Waals surface area contributed by atoms with Crippen LogP contribution in [0.2, 0.25) is 5.15 Å². The van der Waals surface area contributed by atoms with Crippen LogP contribution in [0.15, 0.2) is 24.5 Å². The van der Waals surface area contributed by atoms with E-state index in [0.717, 1.165) is 11.9 Å². The third kappa shape index (κ3) is 4.37. The van der Waals surface area contributed by atoms with Gasteiger partial charge in [-0.2, -0.15) is 0 Å².